The molecule has 0 aliphatic heterocycles. The molecule has 0 bridgehead atoms. The maximum atomic E-state index is 12.8. The summed E-state index contributed by atoms with van der Waals surface area (Å²) < 4.78 is 12.8. The van der Waals surface area contributed by atoms with Crippen LogP contribution in [-0.4, -0.2) is 0 Å². The fourth-order valence-electron chi connectivity index (χ4n) is 1.38. The van der Waals surface area contributed by atoms with E-state index in [-0.39, 0.29) is 11.9 Å². The third-order valence-electron chi connectivity index (χ3n) is 1.95. The maximum Gasteiger partial charge on any atom is 0.128 e. The Morgan fingerprint density at radius 3 is 2.80 bits per heavy atom. The summed E-state index contributed by atoms with van der Waals surface area (Å²) in [6.07, 6.45) is 0.826. The van der Waals surface area contributed by atoms with Crippen LogP contribution in [0.4, 0.5) is 4.39 Å². The molecule has 1 aromatic carbocycles. The summed E-state index contributed by atoms with van der Waals surface area (Å²) in [4.78, 5) is 0. The second kappa shape index (κ2) is 1.80. The van der Waals surface area contributed by atoms with Crippen molar-refractivity contribution in [1.29, 1.82) is 0 Å². The van der Waals surface area contributed by atoms with Gasteiger partial charge in [0.25, 0.3) is 0 Å². The lowest BCUT2D eigenvalue weighted by Gasteiger charge is -2.26. The Morgan fingerprint density at radius 1 is 1.50 bits per heavy atom. The molecule has 0 radical (unpaired) electrons. The number of fused-ring (bicyclic) bond motifs is 1. The molecule has 2 rings (SSSR count). The van der Waals surface area contributed by atoms with E-state index in [2.05, 4.69) is 0 Å². The summed E-state index contributed by atoms with van der Waals surface area (Å²) >= 11 is 0. The molecule has 1 aromatic rings. The van der Waals surface area contributed by atoms with E-state index in [1.165, 1.54) is 6.07 Å². The first-order valence-electron chi connectivity index (χ1n) is 3.32. The molecule has 0 saturated heterocycles. The van der Waals surface area contributed by atoms with Crippen molar-refractivity contribution < 1.29 is 4.39 Å². The summed E-state index contributed by atoms with van der Waals surface area (Å²) in [5, 5.41) is 0. The van der Waals surface area contributed by atoms with Crippen molar-refractivity contribution in [3.8, 4) is 0 Å². The van der Waals surface area contributed by atoms with Gasteiger partial charge in [0.1, 0.15) is 5.82 Å². The van der Waals surface area contributed by atoms with Gasteiger partial charge in [0.05, 0.1) is 0 Å². The molecular formula is C8H8FN. The quantitative estimate of drug-likeness (QED) is 0.574. The summed E-state index contributed by atoms with van der Waals surface area (Å²) in [6.45, 7) is 0. The zero-order valence-electron chi connectivity index (χ0n) is 5.47. The molecule has 1 atom stereocenters. The molecule has 1 aliphatic carbocycles. The minimum Gasteiger partial charge on any atom is -0.324 e. The molecule has 1 unspecified atom stereocenters. The molecule has 2 heteroatoms. The van der Waals surface area contributed by atoms with Crippen LogP contribution in [0.15, 0.2) is 18.2 Å². The van der Waals surface area contributed by atoms with E-state index in [1.807, 2.05) is 6.07 Å². The van der Waals surface area contributed by atoms with Crippen LogP contribution in [0.1, 0.15) is 17.2 Å². The van der Waals surface area contributed by atoms with E-state index in [0.29, 0.717) is 5.56 Å². The van der Waals surface area contributed by atoms with Gasteiger partial charge in [-0.05, 0) is 18.1 Å². The molecule has 10 heavy (non-hydrogen) atoms. The van der Waals surface area contributed by atoms with E-state index in [0.717, 1.165) is 12.0 Å². The number of benzene rings is 1. The van der Waals surface area contributed by atoms with Gasteiger partial charge in [-0.15, -0.1) is 0 Å². The second-order valence-corrected chi connectivity index (χ2v) is 2.62. The molecule has 2 N–H and O–H groups in total. The first-order chi connectivity index (χ1) is 4.79. The predicted octanol–water partition coefficient (Wildman–Crippen LogP) is 1.38. The van der Waals surface area contributed by atoms with Crippen molar-refractivity contribution in [3.05, 3.63) is 35.1 Å². The number of rotatable bonds is 0. The minimum atomic E-state index is -0.156. The van der Waals surface area contributed by atoms with Gasteiger partial charge < -0.3 is 5.73 Å². The van der Waals surface area contributed by atoms with Crippen LogP contribution in [-0.2, 0) is 6.42 Å². The molecule has 0 amide bonds. The van der Waals surface area contributed by atoms with E-state index in [9.17, 15) is 4.39 Å². The van der Waals surface area contributed by atoms with Gasteiger partial charge in [-0.25, -0.2) is 4.39 Å². The Balaban J connectivity index is 2.58. The lowest BCUT2D eigenvalue weighted by Crippen LogP contribution is -2.26. The Kier molecular flexibility index (Phi) is 1.05. The van der Waals surface area contributed by atoms with Gasteiger partial charge in [-0.1, -0.05) is 12.1 Å². The summed E-state index contributed by atoms with van der Waals surface area (Å²) in [5.41, 5.74) is 7.32. The second-order valence-electron chi connectivity index (χ2n) is 2.62. The average molecular weight is 137 g/mol. The van der Waals surface area contributed by atoms with E-state index < -0.39 is 0 Å². The fraction of sp³-hybridized carbons (Fsp3) is 0.250. The molecule has 1 aliphatic rings. The van der Waals surface area contributed by atoms with Crippen LogP contribution in [0.5, 0.6) is 0 Å². The molecule has 1 nitrogen and oxygen atoms in total. The topological polar surface area (TPSA) is 26.0 Å². The summed E-state index contributed by atoms with van der Waals surface area (Å²) in [6, 6.07) is 5.04. The van der Waals surface area contributed by atoms with Gasteiger partial charge in [0, 0.05) is 11.6 Å². The van der Waals surface area contributed by atoms with Crippen LogP contribution in [0, 0.1) is 5.82 Å². The lowest BCUT2D eigenvalue weighted by molar-refractivity contribution is 0.537. The Labute approximate surface area is 58.7 Å². The monoisotopic (exact) mass is 137 g/mol. The van der Waals surface area contributed by atoms with E-state index in [1.54, 1.807) is 6.07 Å². The van der Waals surface area contributed by atoms with Crippen molar-refractivity contribution in [3.63, 3.8) is 0 Å². The normalized spacial score (nSPS) is 21.6. The van der Waals surface area contributed by atoms with Crippen molar-refractivity contribution in [2.24, 2.45) is 5.73 Å². The molecule has 0 fully saturated rings. The van der Waals surface area contributed by atoms with Gasteiger partial charge in [-0.2, -0.15) is 0 Å². The molecule has 0 spiro atoms. The highest BCUT2D eigenvalue weighted by Crippen LogP contribution is 2.32. The Morgan fingerprint density at radius 2 is 2.30 bits per heavy atom. The Hall–Kier alpha value is -0.890. The zero-order chi connectivity index (χ0) is 7.14. The summed E-state index contributed by atoms with van der Waals surface area (Å²) in [7, 11) is 0. The number of hydrogen-bond acceptors (Lipinski definition) is 1. The van der Waals surface area contributed by atoms with Gasteiger partial charge in [0.15, 0.2) is 0 Å². The highest BCUT2D eigenvalue weighted by molar-refractivity contribution is 5.39. The standard InChI is InChI=1S/C8H8FN/c9-6-3-1-2-5-4-7(10)8(5)6/h1-3,7H,4,10H2. The first-order valence-corrected chi connectivity index (χ1v) is 3.32. The van der Waals surface area contributed by atoms with Crippen LogP contribution in [0.2, 0.25) is 0 Å². The van der Waals surface area contributed by atoms with Crippen molar-refractivity contribution in [2.75, 3.05) is 0 Å². The third-order valence-corrected chi connectivity index (χ3v) is 1.95. The summed E-state index contributed by atoms with van der Waals surface area (Å²) in [5.74, 6) is -0.156. The van der Waals surface area contributed by atoms with Crippen molar-refractivity contribution >= 4 is 0 Å². The molecular weight excluding hydrogens is 129 g/mol. The lowest BCUT2D eigenvalue weighted by atomic mass is 9.84. The molecule has 52 valence electrons. The van der Waals surface area contributed by atoms with Crippen LogP contribution >= 0.6 is 0 Å². The Bertz CT molecular complexity index is 256. The minimum absolute atomic E-state index is 0.0591. The average Bonchev–Trinajstić information content (AvgIpc) is 1.85. The van der Waals surface area contributed by atoms with E-state index >= 15 is 0 Å². The molecule has 0 saturated carbocycles. The maximum absolute atomic E-state index is 12.8. The molecule has 0 heterocycles. The number of hydrogen-bond donors (Lipinski definition) is 1. The zero-order valence-corrected chi connectivity index (χ0v) is 5.47. The highest BCUT2D eigenvalue weighted by atomic mass is 19.1. The van der Waals surface area contributed by atoms with Crippen molar-refractivity contribution in [1.82, 2.24) is 0 Å². The highest BCUT2D eigenvalue weighted by Gasteiger charge is 2.25. The smallest absolute Gasteiger partial charge is 0.128 e. The predicted molar refractivity (Wildman–Crippen MR) is 37.0 cm³/mol. The van der Waals surface area contributed by atoms with Crippen LogP contribution in [0.25, 0.3) is 0 Å². The third kappa shape index (κ3) is 0.596. The molecule has 0 aromatic heterocycles. The van der Waals surface area contributed by atoms with Gasteiger partial charge in [0.2, 0.25) is 0 Å². The van der Waals surface area contributed by atoms with Crippen molar-refractivity contribution in [2.45, 2.75) is 12.5 Å². The number of halogens is 1. The SMILES string of the molecule is NC1Cc2cccc(F)c21. The fourth-order valence-corrected chi connectivity index (χ4v) is 1.38. The van der Waals surface area contributed by atoms with Crippen LogP contribution in [0.3, 0.4) is 0 Å². The van der Waals surface area contributed by atoms with Gasteiger partial charge in [-0.3, -0.25) is 0 Å². The largest absolute Gasteiger partial charge is 0.324 e. The van der Waals surface area contributed by atoms with Gasteiger partial charge >= 0.3 is 0 Å². The number of nitrogens with two attached hydrogens (primary N) is 1. The van der Waals surface area contributed by atoms with E-state index in [4.69, 9.17) is 5.73 Å². The first kappa shape index (κ1) is 5.86. The van der Waals surface area contributed by atoms with Crippen LogP contribution < -0.4 is 5.73 Å².